The zero-order chi connectivity index (χ0) is 45.1. The zero-order valence-electron chi connectivity index (χ0n) is 39.4. The molecule has 6 N–H and O–H groups in total. The molecule has 0 aliphatic carbocycles. The van der Waals surface area contributed by atoms with Crippen LogP contribution in [-0.2, 0) is 14.3 Å². The molecule has 62 heavy (non-hydrogen) atoms. The lowest BCUT2D eigenvalue weighted by molar-refractivity contribution is -0.302. The van der Waals surface area contributed by atoms with Gasteiger partial charge >= 0.3 is 0 Å². The highest BCUT2D eigenvalue weighted by atomic mass is 16.7. The number of carbonyl (C=O) groups excluding carboxylic acids is 1. The van der Waals surface area contributed by atoms with Crippen molar-refractivity contribution in [2.75, 3.05) is 13.2 Å². The molecular formula is C53H93NO8. The van der Waals surface area contributed by atoms with E-state index in [-0.39, 0.29) is 12.5 Å². The summed E-state index contributed by atoms with van der Waals surface area (Å²) in [5.41, 5.74) is 0. The molecule has 0 radical (unpaired) electrons. The SMILES string of the molecule is CC/C=C\C/C=C\C/C=C\C/C=C\CCCCCCCCCCCCCCCCC(=O)NC(COC1OC(CO)C(O)C(O)C1O)C(O)/C=C/CC/C=C/CCCCCCCC. The van der Waals surface area contributed by atoms with E-state index in [1.54, 1.807) is 6.08 Å². The van der Waals surface area contributed by atoms with Crippen molar-refractivity contribution in [3.05, 3.63) is 72.9 Å². The fourth-order valence-corrected chi connectivity index (χ4v) is 7.52. The number of amides is 1. The van der Waals surface area contributed by atoms with Crippen molar-refractivity contribution in [2.24, 2.45) is 0 Å². The summed E-state index contributed by atoms with van der Waals surface area (Å²) in [7, 11) is 0. The highest BCUT2D eigenvalue weighted by Crippen LogP contribution is 2.22. The van der Waals surface area contributed by atoms with Crippen LogP contribution in [0.25, 0.3) is 0 Å². The third kappa shape index (κ3) is 32.3. The normalized spacial score (nSPS) is 20.9. The monoisotopic (exact) mass is 872 g/mol. The molecule has 1 rings (SSSR count). The predicted molar refractivity (Wildman–Crippen MR) is 258 cm³/mol. The number of allylic oxidation sites excluding steroid dienone is 11. The number of hydrogen-bond donors (Lipinski definition) is 6. The first-order valence-electron chi connectivity index (χ1n) is 25.2. The molecular weight excluding hydrogens is 779 g/mol. The second-order valence-corrected chi connectivity index (χ2v) is 17.2. The van der Waals surface area contributed by atoms with Gasteiger partial charge < -0.3 is 40.3 Å². The molecule has 1 amide bonds. The molecule has 1 saturated heterocycles. The lowest BCUT2D eigenvalue weighted by Crippen LogP contribution is -2.60. The largest absolute Gasteiger partial charge is 0.394 e. The number of ether oxygens (including phenoxy) is 2. The topological polar surface area (TPSA) is 149 Å². The highest BCUT2D eigenvalue weighted by Gasteiger charge is 2.44. The summed E-state index contributed by atoms with van der Waals surface area (Å²) in [6, 6.07) is -0.823. The van der Waals surface area contributed by atoms with Crippen LogP contribution in [0.1, 0.15) is 200 Å². The summed E-state index contributed by atoms with van der Waals surface area (Å²) in [5, 5.41) is 54.2. The summed E-state index contributed by atoms with van der Waals surface area (Å²) in [5.74, 6) is -0.191. The quantitative estimate of drug-likeness (QED) is 0.0263. The van der Waals surface area contributed by atoms with Crippen LogP contribution >= 0.6 is 0 Å². The molecule has 0 aromatic rings. The van der Waals surface area contributed by atoms with Crippen LogP contribution < -0.4 is 5.32 Å². The van der Waals surface area contributed by atoms with Crippen molar-refractivity contribution in [1.82, 2.24) is 5.32 Å². The van der Waals surface area contributed by atoms with Crippen LogP contribution in [0, 0.1) is 0 Å². The van der Waals surface area contributed by atoms with Gasteiger partial charge in [-0.25, -0.2) is 0 Å². The van der Waals surface area contributed by atoms with Crippen LogP contribution in [0.2, 0.25) is 0 Å². The molecule has 7 atom stereocenters. The molecule has 1 heterocycles. The molecule has 0 saturated carbocycles. The van der Waals surface area contributed by atoms with E-state index in [1.165, 1.54) is 116 Å². The molecule has 0 aromatic heterocycles. The molecule has 1 fully saturated rings. The summed E-state index contributed by atoms with van der Waals surface area (Å²) >= 11 is 0. The smallest absolute Gasteiger partial charge is 0.220 e. The maximum atomic E-state index is 13.0. The predicted octanol–water partition coefficient (Wildman–Crippen LogP) is 11.3. The van der Waals surface area contributed by atoms with Crippen molar-refractivity contribution in [1.29, 1.82) is 0 Å². The van der Waals surface area contributed by atoms with Crippen molar-refractivity contribution in [3.63, 3.8) is 0 Å². The second kappa shape index (κ2) is 42.6. The Morgan fingerprint density at radius 3 is 1.55 bits per heavy atom. The van der Waals surface area contributed by atoms with Crippen molar-refractivity contribution < 1.29 is 39.8 Å². The maximum absolute atomic E-state index is 13.0. The molecule has 0 spiro atoms. The van der Waals surface area contributed by atoms with Gasteiger partial charge in [0.05, 0.1) is 25.4 Å². The summed E-state index contributed by atoms with van der Waals surface area (Å²) < 4.78 is 11.2. The Hall–Kier alpha value is -2.37. The van der Waals surface area contributed by atoms with Gasteiger partial charge in [0.1, 0.15) is 24.4 Å². The Labute approximate surface area is 378 Å². The van der Waals surface area contributed by atoms with Crippen molar-refractivity contribution >= 4 is 5.91 Å². The van der Waals surface area contributed by atoms with Gasteiger partial charge in [-0.3, -0.25) is 4.79 Å². The third-order valence-electron chi connectivity index (χ3n) is 11.5. The van der Waals surface area contributed by atoms with Crippen LogP contribution in [0.5, 0.6) is 0 Å². The Morgan fingerprint density at radius 1 is 0.565 bits per heavy atom. The van der Waals surface area contributed by atoms with E-state index in [0.717, 1.165) is 64.2 Å². The lowest BCUT2D eigenvalue weighted by atomic mass is 9.99. The number of hydrogen-bond acceptors (Lipinski definition) is 8. The van der Waals surface area contributed by atoms with Gasteiger partial charge in [0.2, 0.25) is 5.91 Å². The van der Waals surface area contributed by atoms with E-state index in [9.17, 15) is 30.3 Å². The maximum Gasteiger partial charge on any atom is 0.220 e. The first-order chi connectivity index (χ1) is 30.3. The minimum Gasteiger partial charge on any atom is -0.394 e. The summed E-state index contributed by atoms with van der Waals surface area (Å²) in [4.78, 5) is 13.0. The van der Waals surface area contributed by atoms with Crippen LogP contribution in [-0.4, -0.2) is 87.5 Å². The fourth-order valence-electron chi connectivity index (χ4n) is 7.52. The van der Waals surface area contributed by atoms with Crippen LogP contribution in [0.3, 0.4) is 0 Å². The third-order valence-corrected chi connectivity index (χ3v) is 11.5. The lowest BCUT2D eigenvalue weighted by Gasteiger charge is -2.40. The van der Waals surface area contributed by atoms with Crippen molar-refractivity contribution in [3.8, 4) is 0 Å². The first kappa shape index (κ1) is 57.6. The number of aliphatic hydroxyl groups is 5. The zero-order valence-corrected chi connectivity index (χ0v) is 39.4. The average molecular weight is 872 g/mol. The van der Waals surface area contributed by atoms with Gasteiger partial charge in [0.25, 0.3) is 0 Å². The molecule has 0 bridgehead atoms. The van der Waals surface area contributed by atoms with E-state index in [2.05, 4.69) is 79.9 Å². The molecule has 358 valence electrons. The van der Waals surface area contributed by atoms with E-state index in [4.69, 9.17) is 9.47 Å². The Bertz CT molecular complexity index is 1200. The fraction of sp³-hybridized carbons (Fsp3) is 0.755. The summed E-state index contributed by atoms with van der Waals surface area (Å²) in [6.07, 6.45) is 51.0. The standard InChI is InChI=1S/C53H93NO8/c1-3-5-7-9-11-13-15-17-18-19-20-21-22-23-24-25-26-27-28-29-30-31-33-35-37-39-41-43-49(57)54-46(45-61-53-52(60)51(59)50(58)48(44-55)62-53)47(56)42-40-38-36-34-32-16-14-12-10-8-6-4-2/h5,7,11,13,17-18,20-21,32,34,40,42,46-48,50-53,55-56,58-60H,3-4,6,8-10,12,14-16,19,22-31,33,35-39,41,43-45H2,1-2H3,(H,54,57)/b7-5-,13-11-,18-17-,21-20-,34-32+,42-40+. The van der Waals surface area contributed by atoms with Crippen molar-refractivity contribution in [2.45, 2.75) is 243 Å². The molecule has 1 aliphatic rings. The van der Waals surface area contributed by atoms with E-state index < -0.39 is 49.5 Å². The van der Waals surface area contributed by atoms with E-state index in [0.29, 0.717) is 6.42 Å². The number of unbranched alkanes of at least 4 members (excludes halogenated alkanes) is 21. The number of aliphatic hydroxyl groups excluding tert-OH is 5. The van der Waals surface area contributed by atoms with Gasteiger partial charge in [0.15, 0.2) is 6.29 Å². The Kier molecular flexibility index (Phi) is 39.6. The highest BCUT2D eigenvalue weighted by molar-refractivity contribution is 5.76. The molecule has 9 heteroatoms. The van der Waals surface area contributed by atoms with Crippen LogP contribution in [0.4, 0.5) is 0 Å². The molecule has 0 aromatic carbocycles. The van der Waals surface area contributed by atoms with Gasteiger partial charge in [-0.1, -0.05) is 196 Å². The number of nitrogens with one attached hydrogen (secondary N) is 1. The Morgan fingerprint density at radius 2 is 1.02 bits per heavy atom. The molecule has 9 nitrogen and oxygen atoms in total. The number of carbonyl (C=O) groups is 1. The number of rotatable bonds is 41. The van der Waals surface area contributed by atoms with Crippen LogP contribution in [0.15, 0.2) is 72.9 Å². The first-order valence-corrected chi connectivity index (χ1v) is 25.2. The van der Waals surface area contributed by atoms with E-state index in [1.807, 2.05) is 6.08 Å². The van der Waals surface area contributed by atoms with Gasteiger partial charge in [-0.15, -0.1) is 0 Å². The summed E-state index contributed by atoms with van der Waals surface area (Å²) in [6.45, 7) is 3.62. The van der Waals surface area contributed by atoms with Gasteiger partial charge in [-0.05, 0) is 70.6 Å². The second-order valence-electron chi connectivity index (χ2n) is 17.2. The minimum absolute atomic E-state index is 0.191. The molecule has 7 unspecified atom stereocenters. The average Bonchev–Trinajstić information content (AvgIpc) is 3.27. The Balaban J connectivity index is 2.23. The van der Waals surface area contributed by atoms with E-state index >= 15 is 0 Å². The van der Waals surface area contributed by atoms with Gasteiger partial charge in [-0.2, -0.15) is 0 Å². The minimum atomic E-state index is -1.57. The molecule has 1 aliphatic heterocycles. The van der Waals surface area contributed by atoms with Gasteiger partial charge in [0, 0.05) is 6.42 Å².